The van der Waals surface area contributed by atoms with Crippen molar-refractivity contribution in [1.82, 2.24) is 4.90 Å². The Hall–Kier alpha value is -0.520. The van der Waals surface area contributed by atoms with Gasteiger partial charge in [-0.1, -0.05) is 5.92 Å². The lowest BCUT2D eigenvalue weighted by Gasteiger charge is -2.18. The molecule has 1 heterocycles. The predicted molar refractivity (Wildman–Crippen MR) is 42.5 cm³/mol. The Balaban J connectivity index is 2.39. The van der Waals surface area contributed by atoms with Crippen LogP contribution in [0, 0.1) is 12.3 Å². The van der Waals surface area contributed by atoms with Crippen molar-refractivity contribution < 1.29 is 0 Å². The fraction of sp³-hybridized carbons (Fsp3) is 0.750. The molecule has 0 aromatic rings. The average Bonchev–Trinajstić information content (AvgIpc) is 2.34. The number of rotatable bonds is 1. The number of likely N-dealkylation sites (tertiary alicyclic amines) is 1. The molecule has 1 aliphatic rings. The molecule has 10 heavy (non-hydrogen) atoms. The van der Waals surface area contributed by atoms with Gasteiger partial charge in [0.15, 0.2) is 0 Å². The van der Waals surface area contributed by atoms with Crippen LogP contribution in [0.5, 0.6) is 0 Å². The quantitative estimate of drug-likeness (QED) is 0.518. The Morgan fingerprint density at radius 1 is 1.80 bits per heavy atom. The van der Waals surface area contributed by atoms with E-state index in [0.29, 0.717) is 6.04 Å². The van der Waals surface area contributed by atoms with Crippen LogP contribution in [0.1, 0.15) is 13.3 Å². The van der Waals surface area contributed by atoms with Crippen LogP contribution in [0.25, 0.3) is 0 Å². The standard InChI is InChI=1S/C8H14N2/c1-3-7(2)10-5-4-8(9)6-10/h1,7-8H,4-6,9H2,2H3. The second kappa shape index (κ2) is 3.05. The zero-order valence-electron chi connectivity index (χ0n) is 6.38. The summed E-state index contributed by atoms with van der Waals surface area (Å²) in [6.45, 7) is 4.07. The Morgan fingerprint density at radius 2 is 2.50 bits per heavy atom. The lowest BCUT2D eigenvalue weighted by atomic mass is 10.3. The third-order valence-corrected chi connectivity index (χ3v) is 2.05. The van der Waals surface area contributed by atoms with Crippen molar-refractivity contribution in [2.24, 2.45) is 5.73 Å². The van der Waals surface area contributed by atoms with Gasteiger partial charge in [-0.3, -0.25) is 4.90 Å². The van der Waals surface area contributed by atoms with Gasteiger partial charge in [-0.25, -0.2) is 0 Å². The Morgan fingerprint density at radius 3 is 2.90 bits per heavy atom. The maximum atomic E-state index is 5.71. The van der Waals surface area contributed by atoms with E-state index in [1.54, 1.807) is 0 Å². The van der Waals surface area contributed by atoms with Gasteiger partial charge in [0.1, 0.15) is 0 Å². The number of nitrogens with two attached hydrogens (primary N) is 1. The van der Waals surface area contributed by atoms with Crippen molar-refractivity contribution in [1.29, 1.82) is 0 Å². The van der Waals surface area contributed by atoms with Crippen molar-refractivity contribution in [2.75, 3.05) is 13.1 Å². The molecule has 1 saturated heterocycles. The molecule has 2 unspecified atom stereocenters. The minimum absolute atomic E-state index is 0.258. The molecule has 2 heteroatoms. The lowest BCUT2D eigenvalue weighted by molar-refractivity contribution is 0.304. The summed E-state index contributed by atoms with van der Waals surface area (Å²) in [6, 6.07) is 0.601. The van der Waals surface area contributed by atoms with Crippen molar-refractivity contribution in [3.05, 3.63) is 0 Å². The highest BCUT2D eigenvalue weighted by Gasteiger charge is 2.21. The van der Waals surface area contributed by atoms with Crippen LogP contribution >= 0.6 is 0 Å². The number of hydrogen-bond donors (Lipinski definition) is 1. The molecule has 2 N–H and O–H groups in total. The molecule has 0 spiro atoms. The summed E-state index contributed by atoms with van der Waals surface area (Å²) in [5.41, 5.74) is 5.71. The van der Waals surface area contributed by atoms with E-state index in [1.165, 1.54) is 0 Å². The molecule has 1 fully saturated rings. The number of hydrogen-bond acceptors (Lipinski definition) is 2. The molecule has 1 aliphatic heterocycles. The van der Waals surface area contributed by atoms with Crippen LogP contribution in [0.4, 0.5) is 0 Å². The highest BCUT2D eigenvalue weighted by atomic mass is 15.2. The minimum Gasteiger partial charge on any atom is -0.326 e. The fourth-order valence-corrected chi connectivity index (χ4v) is 1.27. The lowest BCUT2D eigenvalue weighted by Crippen LogP contribution is -2.32. The Labute approximate surface area is 62.4 Å². The van der Waals surface area contributed by atoms with Crippen molar-refractivity contribution in [3.63, 3.8) is 0 Å². The van der Waals surface area contributed by atoms with Crippen molar-refractivity contribution in [2.45, 2.75) is 25.4 Å². The summed E-state index contributed by atoms with van der Waals surface area (Å²) in [7, 11) is 0. The number of nitrogens with zero attached hydrogens (tertiary/aromatic N) is 1. The smallest absolute Gasteiger partial charge is 0.0683 e. The van der Waals surface area contributed by atoms with E-state index in [4.69, 9.17) is 12.2 Å². The van der Waals surface area contributed by atoms with Gasteiger partial charge in [-0.05, 0) is 13.3 Å². The van der Waals surface area contributed by atoms with E-state index in [-0.39, 0.29) is 6.04 Å². The summed E-state index contributed by atoms with van der Waals surface area (Å²) in [4.78, 5) is 2.24. The van der Waals surface area contributed by atoms with Gasteiger partial charge in [0.2, 0.25) is 0 Å². The molecular formula is C8H14N2. The maximum Gasteiger partial charge on any atom is 0.0683 e. The Kier molecular flexibility index (Phi) is 2.31. The van der Waals surface area contributed by atoms with Crippen LogP contribution in [0.2, 0.25) is 0 Å². The Bertz CT molecular complexity index is 148. The first-order chi connectivity index (χ1) is 4.74. The second-order valence-corrected chi connectivity index (χ2v) is 2.89. The van der Waals surface area contributed by atoms with Crippen LogP contribution in [-0.2, 0) is 0 Å². The highest BCUT2D eigenvalue weighted by molar-refractivity contribution is 4.99. The first-order valence-corrected chi connectivity index (χ1v) is 3.70. The van der Waals surface area contributed by atoms with E-state index in [2.05, 4.69) is 10.8 Å². The predicted octanol–water partition coefficient (Wildman–Crippen LogP) is 0.0411. The molecule has 0 aromatic carbocycles. The van der Waals surface area contributed by atoms with Crippen molar-refractivity contribution in [3.8, 4) is 12.3 Å². The highest BCUT2D eigenvalue weighted by Crippen LogP contribution is 2.09. The van der Waals surface area contributed by atoms with E-state index in [1.807, 2.05) is 6.92 Å². The summed E-state index contributed by atoms with van der Waals surface area (Å²) in [5, 5.41) is 0. The van der Waals surface area contributed by atoms with E-state index < -0.39 is 0 Å². The molecule has 0 saturated carbocycles. The van der Waals surface area contributed by atoms with E-state index in [0.717, 1.165) is 19.5 Å². The first kappa shape index (κ1) is 7.59. The molecule has 0 amide bonds. The largest absolute Gasteiger partial charge is 0.326 e. The first-order valence-electron chi connectivity index (χ1n) is 3.70. The van der Waals surface area contributed by atoms with Crippen molar-refractivity contribution >= 4 is 0 Å². The fourth-order valence-electron chi connectivity index (χ4n) is 1.27. The molecule has 0 aromatic heterocycles. The molecule has 56 valence electrons. The topological polar surface area (TPSA) is 29.3 Å². The summed E-state index contributed by atoms with van der Waals surface area (Å²) >= 11 is 0. The average molecular weight is 138 g/mol. The zero-order valence-corrected chi connectivity index (χ0v) is 6.38. The molecular weight excluding hydrogens is 124 g/mol. The van der Waals surface area contributed by atoms with Crippen LogP contribution in [-0.4, -0.2) is 30.1 Å². The van der Waals surface area contributed by atoms with Gasteiger partial charge in [-0.2, -0.15) is 0 Å². The molecule has 0 aliphatic carbocycles. The maximum absolute atomic E-state index is 5.71. The normalized spacial score (nSPS) is 29.9. The SMILES string of the molecule is C#CC(C)N1CCC(N)C1. The number of terminal acetylenes is 1. The monoisotopic (exact) mass is 138 g/mol. The summed E-state index contributed by atoms with van der Waals surface area (Å²) in [6.07, 6.45) is 6.35. The van der Waals surface area contributed by atoms with E-state index in [9.17, 15) is 0 Å². The molecule has 2 nitrogen and oxygen atoms in total. The third-order valence-electron chi connectivity index (χ3n) is 2.05. The van der Waals surface area contributed by atoms with Gasteiger partial charge in [0.25, 0.3) is 0 Å². The van der Waals surface area contributed by atoms with Gasteiger partial charge >= 0.3 is 0 Å². The molecule has 0 bridgehead atoms. The molecule has 0 radical (unpaired) electrons. The third kappa shape index (κ3) is 1.50. The van der Waals surface area contributed by atoms with Gasteiger partial charge in [0, 0.05) is 19.1 Å². The molecule has 1 rings (SSSR count). The summed E-state index contributed by atoms with van der Waals surface area (Å²) < 4.78 is 0. The molecule has 2 atom stereocenters. The summed E-state index contributed by atoms with van der Waals surface area (Å²) in [5.74, 6) is 2.70. The van der Waals surface area contributed by atoms with Crippen LogP contribution in [0.3, 0.4) is 0 Å². The van der Waals surface area contributed by atoms with Crippen LogP contribution < -0.4 is 5.73 Å². The second-order valence-electron chi connectivity index (χ2n) is 2.89. The minimum atomic E-state index is 0.258. The van der Waals surface area contributed by atoms with Gasteiger partial charge < -0.3 is 5.73 Å². The van der Waals surface area contributed by atoms with Gasteiger partial charge in [-0.15, -0.1) is 6.42 Å². The van der Waals surface area contributed by atoms with E-state index >= 15 is 0 Å². The van der Waals surface area contributed by atoms with Gasteiger partial charge in [0.05, 0.1) is 6.04 Å². The zero-order chi connectivity index (χ0) is 7.56. The van der Waals surface area contributed by atoms with Crippen LogP contribution in [0.15, 0.2) is 0 Å².